The number of hydrogen-bond acceptors (Lipinski definition) is 3. The molecule has 0 bridgehead atoms. The van der Waals surface area contributed by atoms with Gasteiger partial charge >= 0.3 is 0 Å². The zero-order chi connectivity index (χ0) is 15.4. The van der Waals surface area contributed by atoms with Crippen molar-refractivity contribution in [1.29, 1.82) is 0 Å². The van der Waals surface area contributed by atoms with Crippen molar-refractivity contribution in [3.8, 4) is 5.75 Å². The Morgan fingerprint density at radius 1 is 1.00 bits per heavy atom. The SMILES string of the molecule is COc1ccc(Br)cc1CN1CCN(c2ccccc2)CC1. The first kappa shape index (κ1) is 15.4. The van der Waals surface area contributed by atoms with Crippen LogP contribution in [0.15, 0.2) is 53.0 Å². The number of methoxy groups -OCH3 is 1. The number of anilines is 1. The first-order valence-electron chi connectivity index (χ1n) is 7.61. The second-order valence-corrected chi connectivity index (χ2v) is 6.47. The maximum atomic E-state index is 5.47. The van der Waals surface area contributed by atoms with E-state index >= 15 is 0 Å². The highest BCUT2D eigenvalue weighted by Gasteiger charge is 2.18. The first-order chi connectivity index (χ1) is 10.8. The van der Waals surface area contributed by atoms with Crippen LogP contribution in [0.25, 0.3) is 0 Å². The van der Waals surface area contributed by atoms with Gasteiger partial charge in [0, 0.05) is 48.4 Å². The summed E-state index contributed by atoms with van der Waals surface area (Å²) >= 11 is 3.55. The Bertz CT molecular complexity index is 610. The number of rotatable bonds is 4. The molecule has 0 unspecified atom stereocenters. The minimum atomic E-state index is 0.936. The lowest BCUT2D eigenvalue weighted by Crippen LogP contribution is -2.46. The van der Waals surface area contributed by atoms with Crippen molar-refractivity contribution in [1.82, 2.24) is 4.90 Å². The Labute approximate surface area is 140 Å². The maximum Gasteiger partial charge on any atom is 0.123 e. The summed E-state index contributed by atoms with van der Waals surface area (Å²) in [5.74, 6) is 0.966. The van der Waals surface area contributed by atoms with E-state index in [9.17, 15) is 0 Å². The van der Waals surface area contributed by atoms with Gasteiger partial charge in [-0.25, -0.2) is 0 Å². The lowest BCUT2D eigenvalue weighted by Gasteiger charge is -2.36. The summed E-state index contributed by atoms with van der Waals surface area (Å²) in [6.07, 6.45) is 0. The smallest absolute Gasteiger partial charge is 0.123 e. The maximum absolute atomic E-state index is 5.47. The molecule has 4 heteroatoms. The highest BCUT2D eigenvalue weighted by molar-refractivity contribution is 9.10. The summed E-state index contributed by atoms with van der Waals surface area (Å²) in [5.41, 5.74) is 2.56. The summed E-state index contributed by atoms with van der Waals surface area (Å²) in [4.78, 5) is 4.94. The van der Waals surface area contributed by atoms with E-state index in [1.165, 1.54) is 11.3 Å². The van der Waals surface area contributed by atoms with Gasteiger partial charge in [-0.05, 0) is 30.3 Å². The molecule has 0 saturated carbocycles. The van der Waals surface area contributed by atoms with E-state index in [4.69, 9.17) is 4.74 Å². The second kappa shape index (κ2) is 7.16. The van der Waals surface area contributed by atoms with Crippen LogP contribution >= 0.6 is 15.9 Å². The van der Waals surface area contributed by atoms with Crippen LogP contribution in [0.2, 0.25) is 0 Å². The van der Waals surface area contributed by atoms with E-state index in [1.54, 1.807) is 7.11 Å². The molecule has 2 aromatic rings. The van der Waals surface area contributed by atoms with Gasteiger partial charge in [-0.3, -0.25) is 4.90 Å². The Balaban J connectivity index is 1.62. The highest BCUT2D eigenvalue weighted by Crippen LogP contribution is 2.25. The minimum absolute atomic E-state index is 0.936. The standard InChI is InChI=1S/C18H21BrN2O/c1-22-18-8-7-16(19)13-15(18)14-20-9-11-21(12-10-20)17-5-3-2-4-6-17/h2-8,13H,9-12,14H2,1H3. The zero-order valence-corrected chi connectivity index (χ0v) is 14.4. The lowest BCUT2D eigenvalue weighted by molar-refractivity contribution is 0.246. The van der Waals surface area contributed by atoms with Crippen molar-refractivity contribution < 1.29 is 4.74 Å². The van der Waals surface area contributed by atoms with Crippen LogP contribution in [0.4, 0.5) is 5.69 Å². The van der Waals surface area contributed by atoms with Gasteiger partial charge in [-0.1, -0.05) is 34.1 Å². The van der Waals surface area contributed by atoms with Crippen LogP contribution < -0.4 is 9.64 Å². The fraction of sp³-hybridized carbons (Fsp3) is 0.333. The molecule has 0 aliphatic carbocycles. The summed E-state index contributed by atoms with van der Waals surface area (Å²) < 4.78 is 6.58. The van der Waals surface area contributed by atoms with E-state index in [0.717, 1.165) is 42.9 Å². The summed E-state index contributed by atoms with van der Waals surface area (Å²) in [7, 11) is 1.74. The van der Waals surface area contributed by atoms with E-state index in [2.05, 4.69) is 62.1 Å². The number of piperazine rings is 1. The topological polar surface area (TPSA) is 15.7 Å². The van der Waals surface area contributed by atoms with E-state index in [-0.39, 0.29) is 0 Å². The second-order valence-electron chi connectivity index (χ2n) is 5.55. The molecule has 3 nitrogen and oxygen atoms in total. The third-order valence-electron chi connectivity index (χ3n) is 4.13. The number of ether oxygens (including phenoxy) is 1. The van der Waals surface area contributed by atoms with E-state index in [1.807, 2.05) is 12.1 Å². The third-order valence-corrected chi connectivity index (χ3v) is 4.62. The lowest BCUT2D eigenvalue weighted by atomic mass is 10.1. The van der Waals surface area contributed by atoms with Crippen LogP contribution in [0.1, 0.15) is 5.56 Å². The van der Waals surface area contributed by atoms with Crippen LogP contribution in [-0.4, -0.2) is 38.2 Å². The van der Waals surface area contributed by atoms with Gasteiger partial charge < -0.3 is 9.64 Å². The van der Waals surface area contributed by atoms with Gasteiger partial charge in [0.2, 0.25) is 0 Å². The molecule has 22 heavy (non-hydrogen) atoms. The highest BCUT2D eigenvalue weighted by atomic mass is 79.9. The van der Waals surface area contributed by atoms with Crippen molar-refractivity contribution >= 4 is 21.6 Å². The molecule has 1 aliphatic heterocycles. The number of benzene rings is 2. The Morgan fingerprint density at radius 3 is 2.41 bits per heavy atom. The fourth-order valence-corrected chi connectivity index (χ4v) is 3.32. The molecule has 116 valence electrons. The Kier molecular flexibility index (Phi) is 5.01. The van der Waals surface area contributed by atoms with Crippen LogP contribution in [0.5, 0.6) is 5.75 Å². The van der Waals surface area contributed by atoms with Crippen LogP contribution in [-0.2, 0) is 6.54 Å². The normalized spacial score (nSPS) is 15.8. The molecular weight excluding hydrogens is 340 g/mol. The predicted octanol–water partition coefficient (Wildman–Crippen LogP) is 3.78. The van der Waals surface area contributed by atoms with Gasteiger partial charge in [0.05, 0.1) is 7.11 Å². The number of halogens is 1. The Hall–Kier alpha value is -1.52. The van der Waals surface area contributed by atoms with Gasteiger partial charge in [0.25, 0.3) is 0 Å². The fourth-order valence-electron chi connectivity index (χ4n) is 2.91. The molecule has 0 N–H and O–H groups in total. The summed E-state index contributed by atoms with van der Waals surface area (Å²) in [6.45, 7) is 5.22. The molecule has 3 rings (SSSR count). The van der Waals surface area contributed by atoms with Crippen molar-refractivity contribution in [2.24, 2.45) is 0 Å². The number of hydrogen-bond donors (Lipinski definition) is 0. The van der Waals surface area contributed by atoms with Gasteiger partial charge in [-0.15, -0.1) is 0 Å². The molecule has 1 heterocycles. The average Bonchev–Trinajstić information content (AvgIpc) is 2.57. The molecule has 0 aromatic heterocycles. The van der Waals surface area contributed by atoms with Gasteiger partial charge in [0.15, 0.2) is 0 Å². The largest absolute Gasteiger partial charge is 0.496 e. The van der Waals surface area contributed by atoms with Crippen LogP contribution in [0, 0.1) is 0 Å². The van der Waals surface area contributed by atoms with Gasteiger partial charge in [0.1, 0.15) is 5.75 Å². The molecule has 0 amide bonds. The monoisotopic (exact) mass is 360 g/mol. The van der Waals surface area contributed by atoms with Crippen molar-refractivity contribution in [2.45, 2.75) is 6.54 Å². The quantitative estimate of drug-likeness (QED) is 0.824. The first-order valence-corrected chi connectivity index (χ1v) is 8.40. The zero-order valence-electron chi connectivity index (χ0n) is 12.8. The molecule has 0 radical (unpaired) electrons. The van der Waals surface area contributed by atoms with Crippen molar-refractivity contribution in [3.05, 3.63) is 58.6 Å². The van der Waals surface area contributed by atoms with Gasteiger partial charge in [-0.2, -0.15) is 0 Å². The van der Waals surface area contributed by atoms with Crippen LogP contribution in [0.3, 0.4) is 0 Å². The molecular formula is C18H21BrN2O. The minimum Gasteiger partial charge on any atom is -0.496 e. The van der Waals surface area contributed by atoms with Crippen molar-refractivity contribution in [2.75, 3.05) is 38.2 Å². The molecule has 1 saturated heterocycles. The van der Waals surface area contributed by atoms with E-state index in [0.29, 0.717) is 0 Å². The molecule has 2 aromatic carbocycles. The third kappa shape index (κ3) is 3.62. The number of para-hydroxylation sites is 1. The number of nitrogens with zero attached hydrogens (tertiary/aromatic N) is 2. The van der Waals surface area contributed by atoms with Crippen molar-refractivity contribution in [3.63, 3.8) is 0 Å². The average molecular weight is 361 g/mol. The molecule has 0 atom stereocenters. The molecule has 0 spiro atoms. The molecule has 1 aliphatic rings. The summed E-state index contributed by atoms with van der Waals surface area (Å²) in [6, 6.07) is 16.9. The summed E-state index contributed by atoms with van der Waals surface area (Å²) in [5, 5.41) is 0. The predicted molar refractivity (Wildman–Crippen MR) is 94.6 cm³/mol. The molecule has 1 fully saturated rings. The Morgan fingerprint density at radius 2 is 1.73 bits per heavy atom. The van der Waals surface area contributed by atoms with E-state index < -0.39 is 0 Å².